The second-order valence-corrected chi connectivity index (χ2v) is 3.72. The fourth-order valence-corrected chi connectivity index (χ4v) is 1.51. The predicted octanol–water partition coefficient (Wildman–Crippen LogP) is 3.16. The summed E-state index contributed by atoms with van der Waals surface area (Å²) in [5, 5.41) is 3.91. The molecule has 13 heavy (non-hydrogen) atoms. The van der Waals surface area contributed by atoms with Gasteiger partial charge in [-0.05, 0) is 28.1 Å². The van der Waals surface area contributed by atoms with E-state index in [0.717, 1.165) is 16.7 Å². The van der Waals surface area contributed by atoms with Crippen molar-refractivity contribution in [2.75, 3.05) is 25.6 Å². The smallest absolute Gasteiger partial charge is 0.0635 e. The van der Waals surface area contributed by atoms with Crippen LogP contribution in [0.25, 0.3) is 0 Å². The molecule has 0 aliphatic heterocycles. The monoisotopic (exact) mass is 263 g/mol. The minimum Gasteiger partial charge on any atom is -0.383 e. The first-order chi connectivity index (χ1) is 6.25. The maximum Gasteiger partial charge on any atom is 0.0635 e. The van der Waals surface area contributed by atoms with Gasteiger partial charge in [0.25, 0.3) is 0 Å². The minimum absolute atomic E-state index is 0.680. The number of hydrogen-bond acceptors (Lipinski definition) is 2. The number of benzene rings is 1. The van der Waals surface area contributed by atoms with E-state index in [1.54, 1.807) is 7.11 Å². The summed E-state index contributed by atoms with van der Waals surface area (Å²) in [4.78, 5) is 0. The van der Waals surface area contributed by atoms with Crippen molar-refractivity contribution < 1.29 is 4.74 Å². The van der Waals surface area contributed by atoms with Crippen LogP contribution in [0.4, 0.5) is 5.69 Å². The van der Waals surface area contributed by atoms with Crippen LogP contribution in [0.1, 0.15) is 0 Å². The van der Waals surface area contributed by atoms with Gasteiger partial charge >= 0.3 is 0 Å². The Morgan fingerprint density at radius 2 is 2.31 bits per heavy atom. The fraction of sp³-hybridized carbons (Fsp3) is 0.333. The van der Waals surface area contributed by atoms with Crippen molar-refractivity contribution in [2.24, 2.45) is 0 Å². The molecule has 0 saturated carbocycles. The van der Waals surface area contributed by atoms with E-state index < -0.39 is 0 Å². The van der Waals surface area contributed by atoms with Crippen molar-refractivity contribution in [2.45, 2.75) is 0 Å². The van der Waals surface area contributed by atoms with Crippen LogP contribution >= 0.6 is 27.5 Å². The quantitative estimate of drug-likeness (QED) is 0.844. The molecule has 4 heteroatoms. The van der Waals surface area contributed by atoms with Gasteiger partial charge in [-0.25, -0.2) is 0 Å². The highest BCUT2D eigenvalue weighted by Crippen LogP contribution is 2.29. The van der Waals surface area contributed by atoms with E-state index in [0.29, 0.717) is 11.6 Å². The molecular weight excluding hydrogens is 253 g/mol. The van der Waals surface area contributed by atoms with E-state index >= 15 is 0 Å². The summed E-state index contributed by atoms with van der Waals surface area (Å²) in [6.45, 7) is 1.45. The lowest BCUT2D eigenvalue weighted by Crippen LogP contribution is -2.07. The Labute approximate surface area is 91.4 Å². The summed E-state index contributed by atoms with van der Waals surface area (Å²) in [5.74, 6) is 0. The van der Waals surface area contributed by atoms with Gasteiger partial charge in [0.2, 0.25) is 0 Å². The van der Waals surface area contributed by atoms with Crippen LogP contribution in [0.15, 0.2) is 22.7 Å². The third-order valence-corrected chi connectivity index (χ3v) is 2.97. The van der Waals surface area contributed by atoms with Crippen LogP contribution in [0, 0.1) is 0 Å². The van der Waals surface area contributed by atoms with Gasteiger partial charge in [-0.3, -0.25) is 0 Å². The summed E-state index contributed by atoms with van der Waals surface area (Å²) in [6.07, 6.45) is 0. The summed E-state index contributed by atoms with van der Waals surface area (Å²) in [7, 11) is 1.68. The molecule has 72 valence electrons. The Kier molecular flexibility index (Phi) is 4.56. The number of nitrogens with one attached hydrogen (secondary N) is 1. The first kappa shape index (κ1) is 10.8. The summed E-state index contributed by atoms with van der Waals surface area (Å²) in [5.41, 5.74) is 0.990. The molecule has 0 aliphatic carbocycles. The topological polar surface area (TPSA) is 21.3 Å². The lowest BCUT2D eigenvalue weighted by Gasteiger charge is -2.08. The van der Waals surface area contributed by atoms with Gasteiger partial charge in [0, 0.05) is 13.7 Å². The number of methoxy groups -OCH3 is 1. The zero-order valence-corrected chi connectivity index (χ0v) is 9.65. The Morgan fingerprint density at radius 1 is 1.54 bits per heavy atom. The Balaban J connectivity index is 2.61. The molecule has 1 aromatic rings. The van der Waals surface area contributed by atoms with Gasteiger partial charge in [-0.2, -0.15) is 0 Å². The van der Waals surface area contributed by atoms with E-state index in [1.807, 2.05) is 18.2 Å². The minimum atomic E-state index is 0.680. The van der Waals surface area contributed by atoms with Crippen LogP contribution in [0.2, 0.25) is 5.02 Å². The van der Waals surface area contributed by atoms with E-state index in [1.165, 1.54) is 0 Å². The van der Waals surface area contributed by atoms with Gasteiger partial charge in [0.05, 0.1) is 21.8 Å². The third-order valence-electron chi connectivity index (χ3n) is 1.57. The van der Waals surface area contributed by atoms with Crippen LogP contribution < -0.4 is 5.32 Å². The van der Waals surface area contributed by atoms with Crippen LogP contribution in [-0.2, 0) is 4.74 Å². The second-order valence-electron chi connectivity index (χ2n) is 2.52. The first-order valence-electron chi connectivity index (χ1n) is 3.92. The molecule has 0 unspecified atom stereocenters. The van der Waals surface area contributed by atoms with Crippen LogP contribution in [-0.4, -0.2) is 20.3 Å². The van der Waals surface area contributed by atoms with Gasteiger partial charge < -0.3 is 10.1 Å². The molecule has 0 saturated heterocycles. The average molecular weight is 265 g/mol. The van der Waals surface area contributed by atoms with Gasteiger partial charge in [-0.15, -0.1) is 0 Å². The molecule has 0 atom stereocenters. The maximum absolute atomic E-state index is 5.91. The lowest BCUT2D eigenvalue weighted by atomic mass is 10.3. The molecule has 0 fully saturated rings. The third kappa shape index (κ3) is 3.18. The first-order valence-corrected chi connectivity index (χ1v) is 5.09. The Morgan fingerprint density at radius 3 is 3.00 bits per heavy atom. The highest BCUT2D eigenvalue weighted by molar-refractivity contribution is 9.10. The lowest BCUT2D eigenvalue weighted by molar-refractivity contribution is 0.211. The van der Waals surface area contributed by atoms with Crippen molar-refractivity contribution in [1.82, 2.24) is 0 Å². The molecule has 0 amide bonds. The van der Waals surface area contributed by atoms with Crippen molar-refractivity contribution in [1.29, 1.82) is 0 Å². The highest BCUT2D eigenvalue weighted by Gasteiger charge is 2.01. The van der Waals surface area contributed by atoms with Gasteiger partial charge in [0.15, 0.2) is 0 Å². The maximum atomic E-state index is 5.91. The highest BCUT2D eigenvalue weighted by atomic mass is 79.9. The van der Waals surface area contributed by atoms with E-state index in [-0.39, 0.29) is 0 Å². The Bertz CT molecular complexity index is 280. The van der Waals surface area contributed by atoms with E-state index in [2.05, 4.69) is 21.2 Å². The van der Waals surface area contributed by atoms with E-state index in [9.17, 15) is 0 Å². The van der Waals surface area contributed by atoms with E-state index in [4.69, 9.17) is 16.3 Å². The molecule has 1 rings (SSSR count). The molecule has 1 N–H and O–H groups in total. The number of rotatable bonds is 4. The second kappa shape index (κ2) is 5.47. The molecule has 0 heterocycles. The van der Waals surface area contributed by atoms with Crippen molar-refractivity contribution in [3.8, 4) is 0 Å². The average Bonchev–Trinajstić information content (AvgIpc) is 2.13. The van der Waals surface area contributed by atoms with Crippen LogP contribution in [0.5, 0.6) is 0 Å². The SMILES string of the molecule is COCCNc1cccc(Cl)c1Br. The molecule has 2 nitrogen and oxygen atoms in total. The zero-order valence-electron chi connectivity index (χ0n) is 7.31. The summed E-state index contributed by atoms with van der Waals surface area (Å²) in [6, 6.07) is 5.71. The zero-order chi connectivity index (χ0) is 9.68. The van der Waals surface area contributed by atoms with Crippen molar-refractivity contribution in [3.63, 3.8) is 0 Å². The van der Waals surface area contributed by atoms with Gasteiger partial charge in [-0.1, -0.05) is 17.7 Å². The normalized spacial score (nSPS) is 10.1. The number of halogens is 2. The molecule has 0 radical (unpaired) electrons. The van der Waals surface area contributed by atoms with Crippen molar-refractivity contribution in [3.05, 3.63) is 27.7 Å². The number of ether oxygens (including phenoxy) is 1. The number of hydrogen-bond donors (Lipinski definition) is 1. The summed E-state index contributed by atoms with van der Waals surface area (Å²) < 4.78 is 5.82. The largest absolute Gasteiger partial charge is 0.383 e. The Hall–Kier alpha value is -0.250. The summed E-state index contributed by atoms with van der Waals surface area (Å²) >= 11 is 9.31. The van der Waals surface area contributed by atoms with Gasteiger partial charge in [0.1, 0.15) is 0 Å². The molecule has 1 aromatic carbocycles. The van der Waals surface area contributed by atoms with Crippen LogP contribution in [0.3, 0.4) is 0 Å². The standard InChI is InChI=1S/C9H11BrClNO/c1-13-6-5-12-8-4-2-3-7(11)9(8)10/h2-4,12H,5-6H2,1H3. The molecular formula is C9H11BrClNO. The molecule has 0 aromatic heterocycles. The fourth-order valence-electron chi connectivity index (χ4n) is 0.928. The molecule has 0 bridgehead atoms. The predicted molar refractivity (Wildman–Crippen MR) is 59.5 cm³/mol. The molecule has 0 aliphatic rings. The molecule has 0 spiro atoms. The number of anilines is 1. The van der Waals surface area contributed by atoms with Crippen molar-refractivity contribution >= 4 is 33.2 Å².